The van der Waals surface area contributed by atoms with Crippen LogP contribution in [0, 0.1) is 11.3 Å². The number of carbonyl (C=O) groups is 1. The van der Waals surface area contributed by atoms with Crippen molar-refractivity contribution in [2.75, 3.05) is 0 Å². The number of phenols is 1. The van der Waals surface area contributed by atoms with E-state index in [4.69, 9.17) is 5.26 Å². The van der Waals surface area contributed by atoms with Gasteiger partial charge in [0.2, 0.25) is 0 Å². The van der Waals surface area contributed by atoms with Gasteiger partial charge in [0.15, 0.2) is 5.78 Å². The average molecular weight is 251 g/mol. The third-order valence-electron chi connectivity index (χ3n) is 2.97. The second-order valence-corrected chi connectivity index (χ2v) is 4.23. The summed E-state index contributed by atoms with van der Waals surface area (Å²) in [5.74, 6) is -0.311. The first-order valence-corrected chi connectivity index (χ1v) is 6.02. The van der Waals surface area contributed by atoms with Gasteiger partial charge in [-0.05, 0) is 36.2 Å². The molecule has 0 saturated carbocycles. The molecule has 3 nitrogen and oxygen atoms in total. The fourth-order valence-electron chi connectivity index (χ4n) is 1.87. The third kappa shape index (κ3) is 2.63. The number of hydrogen-bond acceptors (Lipinski definition) is 3. The SMILES string of the molecule is CCc1ccc(O)c(C(=O)c2cccc(C#N)c2)c1. The van der Waals surface area contributed by atoms with E-state index in [-0.39, 0.29) is 17.1 Å². The van der Waals surface area contributed by atoms with Gasteiger partial charge in [-0.25, -0.2) is 0 Å². The second-order valence-electron chi connectivity index (χ2n) is 4.23. The van der Waals surface area contributed by atoms with E-state index in [1.165, 1.54) is 12.1 Å². The summed E-state index contributed by atoms with van der Waals surface area (Å²) in [6.07, 6.45) is 0.790. The van der Waals surface area contributed by atoms with E-state index < -0.39 is 0 Å². The zero-order valence-electron chi connectivity index (χ0n) is 10.6. The summed E-state index contributed by atoms with van der Waals surface area (Å²) in [7, 11) is 0. The number of hydrogen-bond donors (Lipinski definition) is 1. The monoisotopic (exact) mass is 251 g/mol. The summed E-state index contributed by atoms with van der Waals surface area (Å²) in [5, 5.41) is 18.6. The topological polar surface area (TPSA) is 61.1 Å². The van der Waals surface area contributed by atoms with Gasteiger partial charge in [0.05, 0.1) is 17.2 Å². The van der Waals surface area contributed by atoms with Crippen molar-refractivity contribution < 1.29 is 9.90 Å². The Morgan fingerprint density at radius 2 is 2.05 bits per heavy atom. The molecule has 0 fully saturated rings. The van der Waals surface area contributed by atoms with E-state index in [9.17, 15) is 9.90 Å². The van der Waals surface area contributed by atoms with Crippen LogP contribution in [0.25, 0.3) is 0 Å². The lowest BCUT2D eigenvalue weighted by molar-refractivity contribution is 0.103. The second kappa shape index (κ2) is 5.36. The molecule has 0 heterocycles. The minimum absolute atomic E-state index is 0.0374. The van der Waals surface area contributed by atoms with Crippen LogP contribution in [0.4, 0.5) is 0 Å². The highest BCUT2D eigenvalue weighted by Gasteiger charge is 2.14. The first kappa shape index (κ1) is 12.8. The summed E-state index contributed by atoms with van der Waals surface area (Å²) < 4.78 is 0. The van der Waals surface area contributed by atoms with Crippen LogP contribution >= 0.6 is 0 Å². The Morgan fingerprint density at radius 3 is 2.74 bits per heavy atom. The number of benzene rings is 2. The molecule has 94 valence electrons. The summed E-state index contributed by atoms with van der Waals surface area (Å²) in [4.78, 5) is 12.3. The number of nitrogens with zero attached hydrogens (tertiary/aromatic N) is 1. The minimum atomic E-state index is -0.273. The van der Waals surface area contributed by atoms with Crippen molar-refractivity contribution in [2.45, 2.75) is 13.3 Å². The zero-order valence-corrected chi connectivity index (χ0v) is 10.6. The van der Waals surface area contributed by atoms with Crippen molar-refractivity contribution in [3.05, 3.63) is 64.7 Å². The van der Waals surface area contributed by atoms with Crippen molar-refractivity contribution in [3.63, 3.8) is 0 Å². The Hall–Kier alpha value is -2.60. The first-order valence-electron chi connectivity index (χ1n) is 6.02. The molecule has 0 spiro atoms. The van der Waals surface area contributed by atoms with Crippen molar-refractivity contribution in [2.24, 2.45) is 0 Å². The van der Waals surface area contributed by atoms with Gasteiger partial charge in [0.1, 0.15) is 5.75 Å². The van der Waals surface area contributed by atoms with Crippen LogP contribution in [0.15, 0.2) is 42.5 Å². The highest BCUT2D eigenvalue weighted by Crippen LogP contribution is 2.22. The maximum atomic E-state index is 12.3. The molecule has 2 rings (SSSR count). The van der Waals surface area contributed by atoms with Gasteiger partial charge in [-0.1, -0.05) is 25.1 Å². The minimum Gasteiger partial charge on any atom is -0.507 e. The third-order valence-corrected chi connectivity index (χ3v) is 2.97. The van der Waals surface area contributed by atoms with E-state index in [1.807, 2.05) is 13.0 Å². The van der Waals surface area contributed by atoms with Crippen molar-refractivity contribution >= 4 is 5.78 Å². The maximum absolute atomic E-state index is 12.3. The van der Waals surface area contributed by atoms with E-state index >= 15 is 0 Å². The van der Waals surface area contributed by atoms with Gasteiger partial charge in [0, 0.05) is 5.56 Å². The summed E-state index contributed by atoms with van der Waals surface area (Å²) in [6, 6.07) is 13.5. The molecular weight excluding hydrogens is 238 g/mol. The fourth-order valence-corrected chi connectivity index (χ4v) is 1.87. The van der Waals surface area contributed by atoms with Gasteiger partial charge >= 0.3 is 0 Å². The van der Waals surface area contributed by atoms with Crippen LogP contribution in [0.2, 0.25) is 0 Å². The molecule has 0 unspecified atom stereocenters. The smallest absolute Gasteiger partial charge is 0.196 e. The molecule has 0 amide bonds. The molecule has 0 atom stereocenters. The van der Waals surface area contributed by atoms with Crippen molar-refractivity contribution in [1.29, 1.82) is 5.26 Å². The summed E-state index contributed by atoms with van der Waals surface area (Å²) in [6.45, 7) is 1.98. The zero-order chi connectivity index (χ0) is 13.8. The lowest BCUT2D eigenvalue weighted by atomic mass is 9.98. The van der Waals surface area contributed by atoms with Crippen LogP contribution in [0.3, 0.4) is 0 Å². The predicted molar refractivity (Wildman–Crippen MR) is 72.1 cm³/mol. The molecule has 19 heavy (non-hydrogen) atoms. The number of ketones is 1. The first-order chi connectivity index (χ1) is 9.15. The largest absolute Gasteiger partial charge is 0.507 e. The lowest BCUT2D eigenvalue weighted by Gasteiger charge is -2.06. The number of aryl methyl sites for hydroxylation is 1. The Bertz CT molecular complexity index is 669. The molecule has 2 aromatic carbocycles. The standard InChI is InChI=1S/C16H13NO2/c1-2-11-6-7-15(18)14(9-11)16(19)13-5-3-4-12(8-13)10-17/h3-9,18H,2H2,1H3. The number of aromatic hydroxyl groups is 1. The highest BCUT2D eigenvalue weighted by atomic mass is 16.3. The Kier molecular flexibility index (Phi) is 3.63. The fraction of sp³-hybridized carbons (Fsp3) is 0.125. The Morgan fingerprint density at radius 1 is 1.26 bits per heavy atom. The van der Waals surface area contributed by atoms with Crippen molar-refractivity contribution in [3.8, 4) is 11.8 Å². The maximum Gasteiger partial charge on any atom is 0.196 e. The van der Waals surface area contributed by atoms with E-state index in [2.05, 4.69) is 0 Å². The molecule has 2 aromatic rings. The van der Waals surface area contributed by atoms with Crippen LogP contribution < -0.4 is 0 Å². The van der Waals surface area contributed by atoms with Gasteiger partial charge in [-0.2, -0.15) is 5.26 Å². The van der Waals surface area contributed by atoms with Crippen LogP contribution in [-0.4, -0.2) is 10.9 Å². The van der Waals surface area contributed by atoms with Gasteiger partial charge in [-0.3, -0.25) is 4.79 Å². The summed E-state index contributed by atoms with van der Waals surface area (Å²) in [5.41, 5.74) is 2.09. The summed E-state index contributed by atoms with van der Waals surface area (Å²) >= 11 is 0. The van der Waals surface area contributed by atoms with Gasteiger partial charge in [-0.15, -0.1) is 0 Å². The van der Waals surface area contributed by atoms with Crippen LogP contribution in [0.5, 0.6) is 5.75 Å². The van der Waals surface area contributed by atoms with Gasteiger partial charge < -0.3 is 5.11 Å². The molecule has 0 aliphatic rings. The highest BCUT2D eigenvalue weighted by molar-refractivity contribution is 6.10. The number of rotatable bonds is 3. The lowest BCUT2D eigenvalue weighted by Crippen LogP contribution is -2.03. The normalized spacial score (nSPS) is 9.89. The molecule has 0 saturated heterocycles. The molecule has 0 aliphatic heterocycles. The molecule has 1 N–H and O–H groups in total. The quantitative estimate of drug-likeness (QED) is 0.853. The van der Waals surface area contributed by atoms with Crippen LogP contribution in [-0.2, 0) is 6.42 Å². The molecular formula is C16H13NO2. The van der Waals surface area contributed by atoms with Crippen molar-refractivity contribution in [1.82, 2.24) is 0 Å². The predicted octanol–water partition coefficient (Wildman–Crippen LogP) is 3.06. The molecule has 3 heteroatoms. The van der Waals surface area contributed by atoms with E-state index in [0.29, 0.717) is 11.1 Å². The molecule has 0 radical (unpaired) electrons. The van der Waals surface area contributed by atoms with Gasteiger partial charge in [0.25, 0.3) is 0 Å². The van der Waals surface area contributed by atoms with Crippen LogP contribution in [0.1, 0.15) is 34.0 Å². The van der Waals surface area contributed by atoms with E-state index in [1.54, 1.807) is 30.3 Å². The molecule has 0 aromatic heterocycles. The number of phenolic OH excluding ortho intramolecular Hbond substituents is 1. The molecule has 0 bridgehead atoms. The van der Waals surface area contributed by atoms with E-state index in [0.717, 1.165) is 12.0 Å². The molecule has 0 aliphatic carbocycles. The Balaban J connectivity index is 2.46. The number of nitriles is 1. The average Bonchev–Trinajstić information content (AvgIpc) is 2.47. The Labute approximate surface area is 111 Å². The number of carbonyl (C=O) groups excluding carboxylic acids is 1.